The molecule has 7 N–H and O–H groups in total. The number of hydrogen-bond acceptors (Lipinski definition) is 11. The Bertz CT molecular complexity index is 1750. The van der Waals surface area contributed by atoms with Crippen molar-refractivity contribution < 1.29 is 39.6 Å². The van der Waals surface area contributed by atoms with Crippen LogP contribution < -0.4 is 16.0 Å². The van der Waals surface area contributed by atoms with Crippen molar-refractivity contribution in [1.29, 1.82) is 0 Å². The molecule has 1 saturated carbocycles. The van der Waals surface area contributed by atoms with Crippen molar-refractivity contribution in [1.82, 2.24) is 15.1 Å². The molecule has 0 bridgehead atoms. The van der Waals surface area contributed by atoms with Crippen molar-refractivity contribution in [3.63, 3.8) is 0 Å². The first-order valence-electron chi connectivity index (χ1n) is 15.7. The van der Waals surface area contributed by atoms with E-state index in [4.69, 9.17) is 5.73 Å². The number of hydrogen-bond donors (Lipinski definition) is 6. The molecule has 3 aliphatic rings. The summed E-state index contributed by atoms with van der Waals surface area (Å²) >= 11 is 0. The number of ketones is 2. The van der Waals surface area contributed by atoms with Crippen LogP contribution in [0, 0.1) is 11.8 Å². The Morgan fingerprint density at radius 2 is 1.69 bits per heavy atom. The van der Waals surface area contributed by atoms with Gasteiger partial charge in [0, 0.05) is 43.4 Å². The van der Waals surface area contributed by atoms with Crippen LogP contribution in [0.3, 0.4) is 0 Å². The highest BCUT2D eigenvalue weighted by Gasteiger charge is 2.64. The van der Waals surface area contributed by atoms with Gasteiger partial charge in [0.1, 0.15) is 22.8 Å². The molecule has 0 saturated heterocycles. The summed E-state index contributed by atoms with van der Waals surface area (Å²) in [6.45, 7) is -0.0952. The van der Waals surface area contributed by atoms with Gasteiger partial charge in [-0.2, -0.15) is 0 Å². The summed E-state index contributed by atoms with van der Waals surface area (Å²) in [5, 5.41) is 49.2. The average molecular weight is 662 g/mol. The standard InChI is InChI=1S/C35H43N5O8/c1-38(2)22-15-19(16-37-34(47)23(39(3)4)12-17-10-8-7-9-11-17)28(41)25-20(22)13-18-14-21-27(40(5)6)30(43)26(33(36)46)32(45)35(21,48)31(44)24(18)29(25)42/h7-11,15,18,21,23,27,41-42,45,48H,12-14,16H2,1-6H3,(H2,36,46)(H,37,47)/t18-,21+,23?,27-,35-/m1/s1. The Labute approximate surface area is 278 Å². The van der Waals surface area contributed by atoms with E-state index in [-0.39, 0.29) is 47.7 Å². The second-order valence-corrected chi connectivity index (χ2v) is 13.5. The zero-order chi connectivity index (χ0) is 35.4. The quantitative estimate of drug-likeness (QED) is 0.208. The number of primary amides is 1. The molecule has 0 spiro atoms. The maximum atomic E-state index is 14.2. The minimum atomic E-state index is -2.73. The third-order valence-corrected chi connectivity index (χ3v) is 9.91. The van der Waals surface area contributed by atoms with Crippen LogP contribution in [0.1, 0.15) is 28.7 Å². The normalized spacial score (nSPS) is 24.3. The third kappa shape index (κ3) is 5.51. The molecule has 256 valence electrons. The van der Waals surface area contributed by atoms with Crippen molar-refractivity contribution in [2.24, 2.45) is 17.6 Å². The van der Waals surface area contributed by atoms with Gasteiger partial charge in [-0.1, -0.05) is 30.3 Å². The monoisotopic (exact) mass is 661 g/mol. The minimum Gasteiger partial charge on any atom is -0.508 e. The summed E-state index contributed by atoms with van der Waals surface area (Å²) in [4.78, 5) is 58.2. The minimum absolute atomic E-state index is 0.00939. The number of aliphatic hydroxyl groups excluding tert-OH is 2. The fourth-order valence-electron chi connectivity index (χ4n) is 7.53. The Hall–Kier alpha value is -4.72. The molecule has 5 atom stereocenters. The molecule has 0 radical (unpaired) electrons. The number of Topliss-reactive ketones (excluding diaryl/α,β-unsaturated/α-hetero) is 2. The van der Waals surface area contributed by atoms with E-state index in [1.54, 1.807) is 58.2 Å². The number of nitrogens with two attached hydrogens (primary N) is 1. The lowest BCUT2D eigenvalue weighted by Crippen LogP contribution is -2.65. The molecule has 13 nitrogen and oxygen atoms in total. The molecular weight excluding hydrogens is 618 g/mol. The lowest BCUT2D eigenvalue weighted by atomic mass is 9.57. The van der Waals surface area contributed by atoms with Gasteiger partial charge < -0.3 is 36.4 Å². The molecule has 0 aliphatic heterocycles. The lowest BCUT2D eigenvalue weighted by Gasteiger charge is -2.50. The topological polar surface area (TPSA) is 197 Å². The molecule has 1 fully saturated rings. The maximum absolute atomic E-state index is 14.2. The van der Waals surface area contributed by atoms with Gasteiger partial charge in [-0.05, 0) is 70.6 Å². The fraction of sp³-hybridized carbons (Fsp3) is 0.429. The summed E-state index contributed by atoms with van der Waals surface area (Å²) in [7, 11) is 10.3. The van der Waals surface area contributed by atoms with Gasteiger partial charge in [0.05, 0.1) is 17.6 Å². The zero-order valence-electron chi connectivity index (χ0n) is 27.9. The van der Waals surface area contributed by atoms with Crippen LogP contribution in [-0.4, -0.2) is 114 Å². The van der Waals surface area contributed by atoms with E-state index in [2.05, 4.69) is 5.32 Å². The largest absolute Gasteiger partial charge is 0.508 e. The molecule has 48 heavy (non-hydrogen) atoms. The third-order valence-electron chi connectivity index (χ3n) is 9.91. The van der Waals surface area contributed by atoms with Gasteiger partial charge in [-0.25, -0.2) is 0 Å². The number of aromatic hydroxyl groups is 1. The number of phenolic OH excluding ortho intramolecular Hbond substituents is 1. The number of anilines is 1. The first-order chi connectivity index (χ1) is 22.5. The summed E-state index contributed by atoms with van der Waals surface area (Å²) in [5.41, 5.74) is 3.98. The summed E-state index contributed by atoms with van der Waals surface area (Å²) < 4.78 is 0. The summed E-state index contributed by atoms with van der Waals surface area (Å²) in [6, 6.07) is 9.62. The zero-order valence-corrected chi connectivity index (χ0v) is 27.9. The first-order valence-corrected chi connectivity index (χ1v) is 15.7. The smallest absolute Gasteiger partial charge is 0.255 e. The molecule has 13 heteroatoms. The highest BCUT2D eigenvalue weighted by Crippen LogP contribution is 2.54. The van der Waals surface area contributed by atoms with E-state index in [1.807, 2.05) is 30.3 Å². The van der Waals surface area contributed by atoms with E-state index < -0.39 is 64.1 Å². The number of nitrogens with zero attached hydrogens (tertiary/aromatic N) is 3. The number of amides is 2. The highest BCUT2D eigenvalue weighted by atomic mass is 16.3. The van der Waals surface area contributed by atoms with Gasteiger partial charge in [0.25, 0.3) is 5.91 Å². The van der Waals surface area contributed by atoms with E-state index in [0.717, 1.165) is 5.56 Å². The Kier molecular flexibility index (Phi) is 9.17. The van der Waals surface area contributed by atoms with Crippen molar-refractivity contribution in [3.8, 4) is 5.75 Å². The first kappa shape index (κ1) is 34.6. The Balaban J connectivity index is 1.56. The number of phenols is 1. The number of carbonyl (C=O) groups excluding carboxylic acids is 4. The van der Waals surface area contributed by atoms with Gasteiger partial charge in [-0.3, -0.25) is 29.0 Å². The van der Waals surface area contributed by atoms with Crippen LogP contribution in [0.25, 0.3) is 5.76 Å². The van der Waals surface area contributed by atoms with Gasteiger partial charge in [0.15, 0.2) is 11.4 Å². The van der Waals surface area contributed by atoms with Crippen molar-refractivity contribution >= 4 is 34.8 Å². The lowest BCUT2D eigenvalue weighted by molar-refractivity contribution is -0.153. The molecule has 5 rings (SSSR count). The molecule has 2 amide bonds. The number of nitrogens with one attached hydrogen (secondary N) is 1. The summed E-state index contributed by atoms with van der Waals surface area (Å²) in [5.74, 6) is -7.40. The molecule has 2 aromatic carbocycles. The van der Waals surface area contributed by atoms with Crippen LogP contribution in [0.15, 0.2) is 53.3 Å². The Morgan fingerprint density at radius 1 is 1.04 bits per heavy atom. The molecular formula is C35H43N5O8. The predicted octanol–water partition coefficient (Wildman–Crippen LogP) is 0.819. The van der Waals surface area contributed by atoms with Crippen LogP contribution >= 0.6 is 0 Å². The number of fused-ring (bicyclic) bond motifs is 3. The molecule has 0 aromatic heterocycles. The summed E-state index contributed by atoms with van der Waals surface area (Å²) in [6.07, 6.45) is 0.602. The van der Waals surface area contributed by atoms with Crippen molar-refractivity contribution in [3.05, 3.63) is 75.6 Å². The number of benzene rings is 2. The van der Waals surface area contributed by atoms with Crippen LogP contribution in [-0.2, 0) is 38.6 Å². The van der Waals surface area contributed by atoms with Crippen LogP contribution in [0.4, 0.5) is 5.69 Å². The van der Waals surface area contributed by atoms with Crippen LogP contribution in [0.2, 0.25) is 0 Å². The number of aliphatic hydroxyl groups is 3. The van der Waals surface area contributed by atoms with E-state index >= 15 is 0 Å². The Morgan fingerprint density at radius 3 is 2.25 bits per heavy atom. The van der Waals surface area contributed by atoms with E-state index in [9.17, 15) is 39.6 Å². The van der Waals surface area contributed by atoms with E-state index in [0.29, 0.717) is 17.7 Å². The SMILES string of the molecule is CN(C)c1cc(CNC(=O)C(Cc2ccccc2)N(C)C)c(O)c2c1C[C@@H]1C[C@H]3[C@@H](N(C)C)C(=O)C(C(N)=O)=C(O)[C@]3(O)C(=O)C1=C2O. The average Bonchev–Trinajstić information content (AvgIpc) is 3.01. The number of rotatable bonds is 9. The second-order valence-electron chi connectivity index (χ2n) is 13.5. The molecule has 0 heterocycles. The highest BCUT2D eigenvalue weighted by molar-refractivity contribution is 6.24. The van der Waals surface area contributed by atoms with Gasteiger partial charge in [-0.15, -0.1) is 0 Å². The second kappa shape index (κ2) is 12.7. The molecule has 2 aromatic rings. The van der Waals surface area contributed by atoms with E-state index in [1.165, 1.54) is 4.90 Å². The maximum Gasteiger partial charge on any atom is 0.255 e. The number of carbonyl (C=O) groups is 4. The van der Waals surface area contributed by atoms with Crippen molar-refractivity contribution in [2.75, 3.05) is 47.2 Å². The van der Waals surface area contributed by atoms with Crippen LogP contribution in [0.5, 0.6) is 5.75 Å². The fourth-order valence-corrected chi connectivity index (χ4v) is 7.53. The van der Waals surface area contributed by atoms with Gasteiger partial charge >= 0.3 is 0 Å². The number of likely N-dealkylation sites (N-methyl/N-ethyl adjacent to an activating group) is 2. The molecule has 3 aliphatic carbocycles. The predicted molar refractivity (Wildman–Crippen MR) is 178 cm³/mol. The molecule has 1 unspecified atom stereocenters. The van der Waals surface area contributed by atoms with Crippen molar-refractivity contribution in [2.45, 2.75) is 43.5 Å². The van der Waals surface area contributed by atoms with Gasteiger partial charge in [0.2, 0.25) is 11.7 Å².